The molecule has 90 valence electrons. The molecule has 0 amide bonds. The Morgan fingerprint density at radius 3 is 2.41 bits per heavy atom. The largest absolute Gasteiger partial charge is 0.453 e. The van der Waals surface area contributed by atoms with Crippen LogP contribution >= 0.6 is 11.6 Å². The Hall–Kier alpha value is -1.39. The van der Waals surface area contributed by atoms with Crippen LogP contribution in [0.4, 0.5) is 8.78 Å². The van der Waals surface area contributed by atoms with Gasteiger partial charge in [0.05, 0.1) is 12.4 Å². The molecule has 1 unspecified atom stereocenters. The van der Waals surface area contributed by atoms with Crippen molar-refractivity contribution in [2.24, 2.45) is 0 Å². The second kappa shape index (κ2) is 4.85. The fourth-order valence-electron chi connectivity index (χ4n) is 1.57. The molecule has 0 aliphatic carbocycles. The van der Waals surface area contributed by atoms with Gasteiger partial charge in [-0.3, -0.25) is 0 Å². The van der Waals surface area contributed by atoms with Gasteiger partial charge in [0.15, 0.2) is 5.22 Å². The summed E-state index contributed by atoms with van der Waals surface area (Å²) in [5, 5.41) is 9.84. The smallest absolute Gasteiger partial charge is 0.198 e. The summed E-state index contributed by atoms with van der Waals surface area (Å²) in [6.45, 7) is 0. The van der Waals surface area contributed by atoms with Gasteiger partial charge < -0.3 is 9.52 Å². The molecule has 5 heteroatoms. The molecule has 0 fully saturated rings. The lowest BCUT2D eigenvalue weighted by Crippen LogP contribution is -2.05. The third kappa shape index (κ3) is 2.48. The average Bonchev–Trinajstić information content (AvgIpc) is 2.70. The second-order valence-corrected chi connectivity index (χ2v) is 3.91. The molecule has 1 atom stereocenters. The summed E-state index contributed by atoms with van der Waals surface area (Å²) < 4.78 is 31.5. The number of hydrogen-bond acceptors (Lipinski definition) is 2. The van der Waals surface area contributed by atoms with E-state index in [1.807, 2.05) is 0 Å². The van der Waals surface area contributed by atoms with Crippen molar-refractivity contribution in [1.29, 1.82) is 0 Å². The van der Waals surface area contributed by atoms with Crippen LogP contribution in [-0.4, -0.2) is 5.11 Å². The van der Waals surface area contributed by atoms with E-state index in [4.69, 9.17) is 16.0 Å². The third-order valence-electron chi connectivity index (χ3n) is 2.46. The molecule has 1 N–H and O–H groups in total. The van der Waals surface area contributed by atoms with Gasteiger partial charge in [0.2, 0.25) is 0 Å². The van der Waals surface area contributed by atoms with Crippen LogP contribution in [0.5, 0.6) is 0 Å². The van der Waals surface area contributed by atoms with E-state index in [9.17, 15) is 13.9 Å². The summed E-state index contributed by atoms with van der Waals surface area (Å²) in [4.78, 5) is 0. The highest BCUT2D eigenvalue weighted by molar-refractivity contribution is 6.29. The Balaban J connectivity index is 2.25. The van der Waals surface area contributed by atoms with Crippen LogP contribution in [0.1, 0.15) is 17.2 Å². The summed E-state index contributed by atoms with van der Waals surface area (Å²) in [5.74, 6) is -1.38. The lowest BCUT2D eigenvalue weighted by molar-refractivity contribution is 0.175. The highest BCUT2D eigenvalue weighted by atomic mass is 35.5. The molecule has 0 aliphatic rings. The number of benzene rings is 1. The fourth-order valence-corrected chi connectivity index (χ4v) is 1.81. The van der Waals surface area contributed by atoms with Gasteiger partial charge in [0, 0.05) is 17.5 Å². The van der Waals surface area contributed by atoms with Crippen LogP contribution in [0, 0.1) is 11.6 Å². The normalized spacial score (nSPS) is 12.7. The summed E-state index contributed by atoms with van der Waals surface area (Å²) in [5.41, 5.74) is 0.145. The number of furan rings is 1. The van der Waals surface area contributed by atoms with Crippen molar-refractivity contribution < 1.29 is 18.3 Å². The summed E-state index contributed by atoms with van der Waals surface area (Å²) in [7, 11) is 0. The summed E-state index contributed by atoms with van der Waals surface area (Å²) >= 11 is 5.67. The molecule has 0 aliphatic heterocycles. The summed E-state index contributed by atoms with van der Waals surface area (Å²) in [6, 6.07) is 5.02. The molecule has 0 spiro atoms. The van der Waals surface area contributed by atoms with E-state index in [1.54, 1.807) is 0 Å². The average molecular weight is 259 g/mol. The molecule has 0 radical (unpaired) electrons. The SMILES string of the molecule is OC(Cc1c(F)cccc1F)c1ccoc1Cl. The third-order valence-corrected chi connectivity index (χ3v) is 2.77. The second-order valence-electron chi connectivity index (χ2n) is 3.57. The van der Waals surface area contributed by atoms with Gasteiger partial charge in [-0.05, 0) is 29.8 Å². The molecule has 2 rings (SSSR count). The Kier molecular flexibility index (Phi) is 3.45. The Morgan fingerprint density at radius 1 is 1.24 bits per heavy atom. The maximum Gasteiger partial charge on any atom is 0.198 e. The van der Waals surface area contributed by atoms with Crippen LogP contribution in [0.15, 0.2) is 34.9 Å². The molecule has 17 heavy (non-hydrogen) atoms. The standard InChI is InChI=1S/C12H9ClF2O2/c13-12-7(4-5-17-12)11(16)6-8-9(14)2-1-3-10(8)15/h1-5,11,16H,6H2. The van der Waals surface area contributed by atoms with Crippen molar-refractivity contribution in [3.05, 3.63) is 58.5 Å². The molecule has 1 aromatic heterocycles. The van der Waals surface area contributed by atoms with E-state index in [-0.39, 0.29) is 17.2 Å². The minimum absolute atomic E-state index is 0.0225. The maximum atomic E-state index is 13.3. The lowest BCUT2D eigenvalue weighted by atomic mass is 10.0. The number of halogens is 3. The quantitative estimate of drug-likeness (QED) is 0.914. The lowest BCUT2D eigenvalue weighted by Gasteiger charge is -2.10. The van der Waals surface area contributed by atoms with E-state index in [0.717, 1.165) is 12.1 Å². The predicted octanol–water partition coefficient (Wildman–Crippen LogP) is 3.49. The fraction of sp³-hybridized carbons (Fsp3) is 0.167. The van der Waals surface area contributed by atoms with Crippen LogP contribution in [0.25, 0.3) is 0 Å². The van der Waals surface area contributed by atoms with E-state index in [2.05, 4.69) is 0 Å². The van der Waals surface area contributed by atoms with E-state index < -0.39 is 17.7 Å². The van der Waals surface area contributed by atoms with Crippen molar-refractivity contribution in [1.82, 2.24) is 0 Å². The van der Waals surface area contributed by atoms with E-state index >= 15 is 0 Å². The van der Waals surface area contributed by atoms with Crippen molar-refractivity contribution in [3.8, 4) is 0 Å². The number of rotatable bonds is 3. The van der Waals surface area contributed by atoms with Crippen LogP contribution in [0.2, 0.25) is 5.22 Å². The highest BCUT2D eigenvalue weighted by Crippen LogP contribution is 2.28. The zero-order valence-electron chi connectivity index (χ0n) is 8.66. The van der Waals surface area contributed by atoms with Gasteiger partial charge in [-0.15, -0.1) is 0 Å². The first-order valence-corrected chi connectivity index (χ1v) is 5.31. The molecule has 0 saturated heterocycles. The van der Waals surface area contributed by atoms with Crippen LogP contribution < -0.4 is 0 Å². The molecule has 2 nitrogen and oxygen atoms in total. The topological polar surface area (TPSA) is 33.4 Å². The van der Waals surface area contributed by atoms with Crippen molar-refractivity contribution in [3.63, 3.8) is 0 Å². The maximum absolute atomic E-state index is 13.3. The van der Waals surface area contributed by atoms with Gasteiger partial charge in [-0.25, -0.2) is 8.78 Å². The molecule has 0 bridgehead atoms. The number of aliphatic hydroxyl groups is 1. The van der Waals surface area contributed by atoms with Gasteiger partial charge in [-0.2, -0.15) is 0 Å². The first-order chi connectivity index (χ1) is 8.09. The first kappa shape index (κ1) is 12.1. The van der Waals surface area contributed by atoms with Gasteiger partial charge in [0.25, 0.3) is 0 Å². The molecule has 1 heterocycles. The monoisotopic (exact) mass is 258 g/mol. The van der Waals surface area contributed by atoms with Gasteiger partial charge in [0.1, 0.15) is 11.6 Å². The van der Waals surface area contributed by atoms with Gasteiger partial charge in [-0.1, -0.05) is 6.07 Å². The zero-order valence-corrected chi connectivity index (χ0v) is 9.42. The molecular weight excluding hydrogens is 250 g/mol. The van der Waals surface area contributed by atoms with Crippen LogP contribution in [0.3, 0.4) is 0 Å². The zero-order chi connectivity index (χ0) is 12.4. The Morgan fingerprint density at radius 2 is 1.88 bits per heavy atom. The van der Waals surface area contributed by atoms with Crippen molar-refractivity contribution >= 4 is 11.6 Å². The van der Waals surface area contributed by atoms with Crippen LogP contribution in [-0.2, 0) is 6.42 Å². The number of aliphatic hydroxyl groups excluding tert-OH is 1. The Labute approximate surface area is 101 Å². The molecular formula is C12H9ClF2O2. The van der Waals surface area contributed by atoms with Gasteiger partial charge >= 0.3 is 0 Å². The predicted molar refractivity (Wildman–Crippen MR) is 58.7 cm³/mol. The molecule has 0 saturated carbocycles. The number of hydrogen-bond donors (Lipinski definition) is 1. The molecule has 1 aromatic carbocycles. The highest BCUT2D eigenvalue weighted by Gasteiger charge is 2.18. The molecule has 2 aromatic rings. The van der Waals surface area contributed by atoms with E-state index in [1.165, 1.54) is 18.4 Å². The first-order valence-electron chi connectivity index (χ1n) is 4.93. The van der Waals surface area contributed by atoms with Crippen molar-refractivity contribution in [2.45, 2.75) is 12.5 Å². The minimum atomic E-state index is -1.10. The minimum Gasteiger partial charge on any atom is -0.453 e. The van der Waals surface area contributed by atoms with E-state index in [0.29, 0.717) is 5.56 Å². The Bertz CT molecular complexity index is 505. The van der Waals surface area contributed by atoms with Crippen molar-refractivity contribution in [2.75, 3.05) is 0 Å². The summed E-state index contributed by atoms with van der Waals surface area (Å²) in [6.07, 6.45) is 0.00347.